The third-order valence-corrected chi connectivity index (χ3v) is 12.3. The molecule has 0 heterocycles. The predicted molar refractivity (Wildman–Crippen MR) is 137 cm³/mol. The van der Waals surface area contributed by atoms with Crippen LogP contribution in [0.2, 0.25) is 0 Å². The summed E-state index contributed by atoms with van der Waals surface area (Å²) in [5.74, 6) is 3.30. The van der Waals surface area contributed by atoms with E-state index in [1.165, 1.54) is 51.4 Å². The summed E-state index contributed by atoms with van der Waals surface area (Å²) < 4.78 is 6.49. The molecule has 0 aliphatic heterocycles. The second-order valence-corrected chi connectivity index (χ2v) is 14.4. The molecule has 5 aliphatic carbocycles. The van der Waals surface area contributed by atoms with E-state index in [-0.39, 0.29) is 11.5 Å². The molecule has 2 heteroatoms. The van der Waals surface area contributed by atoms with Gasteiger partial charge in [-0.3, -0.25) is 0 Å². The molecule has 5 aliphatic rings. The third kappa shape index (κ3) is 3.47. The normalized spacial score (nSPS) is 53.1. The van der Waals surface area contributed by atoms with Crippen LogP contribution < -0.4 is 0 Å². The summed E-state index contributed by atoms with van der Waals surface area (Å²) in [7, 11) is 0. The molecule has 4 saturated carbocycles. The second kappa shape index (κ2) is 7.95. The highest BCUT2D eigenvalue weighted by atomic mass is 16.5. The number of aliphatic hydroxyl groups is 1. The van der Waals surface area contributed by atoms with Crippen molar-refractivity contribution in [1.29, 1.82) is 0 Å². The molecule has 0 amide bonds. The maximum absolute atomic E-state index is 10.6. The lowest BCUT2D eigenvalue weighted by atomic mass is 9.38. The van der Waals surface area contributed by atoms with E-state index in [1.54, 1.807) is 0 Å². The molecule has 10 unspecified atom stereocenters. The van der Waals surface area contributed by atoms with Crippen molar-refractivity contribution in [3.8, 4) is 0 Å². The molecule has 2 nitrogen and oxygen atoms in total. The minimum Gasteiger partial charge on any atom is -0.393 e. The van der Waals surface area contributed by atoms with Crippen molar-refractivity contribution in [2.24, 2.45) is 51.2 Å². The van der Waals surface area contributed by atoms with Gasteiger partial charge < -0.3 is 9.84 Å². The number of hydrogen-bond acceptors (Lipinski definition) is 2. The largest absolute Gasteiger partial charge is 0.393 e. The van der Waals surface area contributed by atoms with Crippen LogP contribution in [-0.4, -0.2) is 23.9 Å². The SMILES string of the molecule is C=CCOC1CC(C)(C)CC2C3=CCC4C(C)(CCC5C(C)C(O)CCC54C)C3CCC12C. The Balaban J connectivity index is 1.50. The van der Waals surface area contributed by atoms with Crippen LogP contribution in [0.4, 0.5) is 0 Å². The van der Waals surface area contributed by atoms with Gasteiger partial charge in [0.15, 0.2) is 0 Å². The molecule has 0 saturated heterocycles. The van der Waals surface area contributed by atoms with Gasteiger partial charge in [0, 0.05) is 5.41 Å². The van der Waals surface area contributed by atoms with E-state index in [4.69, 9.17) is 4.74 Å². The van der Waals surface area contributed by atoms with E-state index >= 15 is 0 Å². The average Bonchev–Trinajstić information content (AvgIpc) is 2.75. The number of allylic oxidation sites excluding steroid dienone is 2. The van der Waals surface area contributed by atoms with Gasteiger partial charge in [-0.1, -0.05) is 59.3 Å². The Morgan fingerprint density at radius 1 is 0.970 bits per heavy atom. The molecule has 0 aromatic rings. The zero-order valence-corrected chi connectivity index (χ0v) is 22.3. The third-order valence-electron chi connectivity index (χ3n) is 12.3. The van der Waals surface area contributed by atoms with Crippen LogP contribution in [-0.2, 0) is 4.74 Å². The Kier molecular flexibility index (Phi) is 5.81. The first kappa shape index (κ1) is 24.1. The van der Waals surface area contributed by atoms with E-state index < -0.39 is 0 Å². The van der Waals surface area contributed by atoms with Crippen molar-refractivity contribution in [3.05, 3.63) is 24.3 Å². The van der Waals surface area contributed by atoms with Gasteiger partial charge in [0.25, 0.3) is 0 Å². The molecule has 0 aromatic carbocycles. The van der Waals surface area contributed by atoms with E-state index in [9.17, 15) is 5.11 Å². The quantitative estimate of drug-likeness (QED) is 0.446. The highest BCUT2D eigenvalue weighted by Gasteiger charge is 2.63. The Bertz CT molecular complexity index is 812. The Morgan fingerprint density at radius 3 is 2.39 bits per heavy atom. The molecule has 0 radical (unpaired) electrons. The molecule has 186 valence electrons. The van der Waals surface area contributed by atoms with E-state index in [0.717, 1.165) is 18.3 Å². The maximum Gasteiger partial charge on any atom is 0.0648 e. The maximum atomic E-state index is 10.6. The number of aliphatic hydroxyl groups excluding tert-OH is 1. The van der Waals surface area contributed by atoms with Crippen molar-refractivity contribution < 1.29 is 9.84 Å². The van der Waals surface area contributed by atoms with Crippen LogP contribution in [0, 0.1) is 51.2 Å². The Morgan fingerprint density at radius 2 is 1.67 bits per heavy atom. The van der Waals surface area contributed by atoms with E-state index in [2.05, 4.69) is 54.2 Å². The molecule has 0 bridgehead atoms. The van der Waals surface area contributed by atoms with Gasteiger partial charge in [-0.25, -0.2) is 0 Å². The zero-order valence-electron chi connectivity index (χ0n) is 22.3. The topological polar surface area (TPSA) is 29.5 Å². The molecule has 10 atom stereocenters. The molecule has 1 N–H and O–H groups in total. The fourth-order valence-corrected chi connectivity index (χ4v) is 10.4. The molecule has 0 aromatic heterocycles. The van der Waals surface area contributed by atoms with Gasteiger partial charge >= 0.3 is 0 Å². The fourth-order valence-electron chi connectivity index (χ4n) is 10.4. The van der Waals surface area contributed by atoms with E-state index in [0.29, 0.717) is 46.7 Å². The van der Waals surface area contributed by atoms with Crippen LogP contribution in [0.1, 0.15) is 99.3 Å². The smallest absolute Gasteiger partial charge is 0.0648 e. The summed E-state index contributed by atoms with van der Waals surface area (Å²) >= 11 is 0. The molecule has 33 heavy (non-hydrogen) atoms. The zero-order chi connectivity index (χ0) is 23.8. The second-order valence-electron chi connectivity index (χ2n) is 14.4. The summed E-state index contributed by atoms with van der Waals surface area (Å²) in [6, 6.07) is 0. The minimum absolute atomic E-state index is 0.0884. The van der Waals surface area contributed by atoms with Crippen molar-refractivity contribution in [1.82, 2.24) is 0 Å². The summed E-state index contributed by atoms with van der Waals surface area (Å²) in [5, 5.41) is 10.6. The molecular formula is C31H50O2. The minimum atomic E-state index is -0.0884. The standard InChI is InChI=1S/C31H50O2/c1-8-17-33-27-19-28(3,4)18-24-21-9-10-26-29(5)16-13-25(32)20(2)22(29)11-14-30(26,6)23(21)12-15-31(24,27)7/h8-9,20,22-27,32H,1,10-19H2,2-7H3. The summed E-state index contributed by atoms with van der Waals surface area (Å²) in [4.78, 5) is 0. The summed E-state index contributed by atoms with van der Waals surface area (Å²) in [6.45, 7) is 19.7. The first-order valence-electron chi connectivity index (χ1n) is 14.1. The van der Waals surface area contributed by atoms with Crippen molar-refractivity contribution in [3.63, 3.8) is 0 Å². The lowest BCUT2D eigenvalue weighted by Crippen LogP contribution is -2.60. The highest BCUT2D eigenvalue weighted by molar-refractivity contribution is 5.29. The first-order valence-corrected chi connectivity index (χ1v) is 14.1. The Hall–Kier alpha value is -0.600. The monoisotopic (exact) mass is 454 g/mol. The van der Waals surface area contributed by atoms with Crippen LogP contribution >= 0.6 is 0 Å². The van der Waals surface area contributed by atoms with Crippen LogP contribution in [0.3, 0.4) is 0 Å². The van der Waals surface area contributed by atoms with E-state index in [1.807, 2.05) is 11.6 Å². The lowest BCUT2D eigenvalue weighted by Gasteiger charge is -2.67. The molecule has 0 spiro atoms. The molecular weight excluding hydrogens is 404 g/mol. The summed E-state index contributed by atoms with van der Waals surface area (Å²) in [5.41, 5.74) is 3.20. The van der Waals surface area contributed by atoms with Crippen molar-refractivity contribution in [2.75, 3.05) is 6.61 Å². The number of rotatable bonds is 3. The van der Waals surface area contributed by atoms with Gasteiger partial charge in [0.1, 0.15) is 0 Å². The van der Waals surface area contributed by atoms with Gasteiger partial charge in [-0.05, 0) is 104 Å². The molecule has 5 rings (SSSR count). The van der Waals surface area contributed by atoms with Gasteiger partial charge in [0.05, 0.1) is 18.8 Å². The highest BCUT2D eigenvalue weighted by Crippen LogP contribution is 2.70. The first-order chi connectivity index (χ1) is 15.5. The predicted octanol–water partition coefficient (Wildman–Crippen LogP) is 7.57. The number of ether oxygens (including phenoxy) is 1. The van der Waals surface area contributed by atoms with Crippen LogP contribution in [0.5, 0.6) is 0 Å². The van der Waals surface area contributed by atoms with Crippen LogP contribution in [0.25, 0.3) is 0 Å². The van der Waals surface area contributed by atoms with Crippen LogP contribution in [0.15, 0.2) is 24.3 Å². The van der Waals surface area contributed by atoms with Crippen molar-refractivity contribution in [2.45, 2.75) is 112 Å². The fraction of sp³-hybridized carbons (Fsp3) is 0.871. The van der Waals surface area contributed by atoms with Gasteiger partial charge in [-0.15, -0.1) is 6.58 Å². The van der Waals surface area contributed by atoms with Crippen molar-refractivity contribution >= 4 is 0 Å². The molecule has 4 fully saturated rings. The number of fused-ring (bicyclic) bond motifs is 7. The lowest BCUT2D eigenvalue weighted by molar-refractivity contribution is -0.168. The Labute approximate surface area is 203 Å². The number of hydrogen-bond donors (Lipinski definition) is 1. The van der Waals surface area contributed by atoms with Gasteiger partial charge in [0.2, 0.25) is 0 Å². The summed E-state index contributed by atoms with van der Waals surface area (Å²) in [6.07, 6.45) is 16.2. The average molecular weight is 455 g/mol. The van der Waals surface area contributed by atoms with Gasteiger partial charge in [-0.2, -0.15) is 0 Å².